The Morgan fingerprint density at radius 1 is 1.14 bits per heavy atom. The van der Waals surface area contributed by atoms with Gasteiger partial charge in [0, 0.05) is 37.1 Å². The van der Waals surface area contributed by atoms with Crippen LogP contribution in [0.4, 0.5) is 21.0 Å². The minimum Gasteiger partial charge on any atom is -0.444 e. The average molecular weight is 427 g/mol. The molecule has 1 fully saturated rings. The number of nitrogens with zero attached hydrogens (tertiary/aromatic N) is 2. The second-order valence-corrected chi connectivity index (χ2v) is 9.99. The van der Waals surface area contributed by atoms with Crippen LogP contribution in [-0.4, -0.2) is 67.4 Å². The topological polar surface area (TPSA) is 108 Å². The molecule has 2 N–H and O–H groups in total. The highest BCUT2D eigenvalue weighted by Crippen LogP contribution is 2.18. The summed E-state index contributed by atoms with van der Waals surface area (Å²) in [5, 5.41) is 2.80. The zero-order valence-electron chi connectivity index (χ0n) is 17.6. The molecular weight excluding hydrogens is 396 g/mol. The number of hydrogen-bond donors (Lipinski definition) is 2. The van der Waals surface area contributed by atoms with E-state index < -0.39 is 15.6 Å². The molecule has 29 heavy (non-hydrogen) atoms. The molecule has 0 saturated carbocycles. The zero-order chi connectivity index (χ0) is 21.8. The van der Waals surface area contributed by atoms with Crippen LogP contribution in [0.3, 0.4) is 0 Å². The highest BCUT2D eigenvalue weighted by atomic mass is 32.2. The molecule has 0 spiro atoms. The minimum absolute atomic E-state index is 0.0152. The Kier molecular flexibility index (Phi) is 6.99. The largest absolute Gasteiger partial charge is 0.444 e. The fourth-order valence-corrected chi connectivity index (χ4v) is 3.46. The molecule has 1 aliphatic heterocycles. The van der Waals surface area contributed by atoms with E-state index >= 15 is 0 Å². The van der Waals surface area contributed by atoms with Gasteiger partial charge in [0.15, 0.2) is 0 Å². The standard InChI is InChI=1S/C19H30N4O5S/c1-6-29(26,27)21-16-9-7-15(8-10-16)20-17(24)23-12-11-22(13-14(23)2)18(25)28-19(3,4)5/h7-10,14,21H,6,11-13H2,1-5H3,(H,20,24)/t14-/m0/s1. The number of carbonyl (C=O) groups is 2. The van der Waals surface area contributed by atoms with Gasteiger partial charge in [0.05, 0.1) is 5.75 Å². The first-order chi connectivity index (χ1) is 13.4. The van der Waals surface area contributed by atoms with Gasteiger partial charge in [-0.15, -0.1) is 0 Å². The molecule has 1 heterocycles. The Morgan fingerprint density at radius 2 is 1.72 bits per heavy atom. The number of rotatable bonds is 4. The first-order valence-corrected chi connectivity index (χ1v) is 11.2. The van der Waals surface area contributed by atoms with Crippen LogP contribution in [0.25, 0.3) is 0 Å². The number of amides is 3. The first kappa shape index (κ1) is 22.8. The van der Waals surface area contributed by atoms with E-state index in [0.717, 1.165) is 0 Å². The summed E-state index contributed by atoms with van der Waals surface area (Å²) in [6, 6.07) is 5.99. The van der Waals surface area contributed by atoms with E-state index in [-0.39, 0.29) is 23.9 Å². The Hall–Kier alpha value is -2.49. The molecule has 0 aromatic heterocycles. The van der Waals surface area contributed by atoms with Crippen LogP contribution in [0.1, 0.15) is 34.6 Å². The van der Waals surface area contributed by atoms with Crippen molar-refractivity contribution in [3.8, 4) is 0 Å². The van der Waals surface area contributed by atoms with E-state index in [1.165, 1.54) is 0 Å². The summed E-state index contributed by atoms with van der Waals surface area (Å²) < 4.78 is 31.0. The minimum atomic E-state index is -3.34. The maximum absolute atomic E-state index is 12.6. The fourth-order valence-electron chi connectivity index (χ4n) is 2.82. The van der Waals surface area contributed by atoms with Crippen LogP contribution >= 0.6 is 0 Å². The molecule has 1 aromatic carbocycles. The third-order valence-corrected chi connectivity index (χ3v) is 5.64. The lowest BCUT2D eigenvalue weighted by molar-refractivity contribution is 0.0112. The number of ether oxygens (including phenoxy) is 1. The number of carbonyl (C=O) groups excluding carboxylic acids is 2. The Bertz CT molecular complexity index is 833. The summed E-state index contributed by atoms with van der Waals surface area (Å²) in [4.78, 5) is 28.1. The normalized spacial score (nSPS) is 17.6. The van der Waals surface area contributed by atoms with Gasteiger partial charge < -0.3 is 19.9 Å². The van der Waals surface area contributed by atoms with Crippen molar-refractivity contribution in [1.29, 1.82) is 0 Å². The molecule has 3 amide bonds. The molecule has 9 nitrogen and oxygen atoms in total. The molecule has 0 aliphatic carbocycles. The third-order valence-electron chi connectivity index (χ3n) is 4.33. The lowest BCUT2D eigenvalue weighted by Gasteiger charge is -2.40. The second kappa shape index (κ2) is 8.89. The molecule has 0 unspecified atom stereocenters. The van der Waals surface area contributed by atoms with E-state index in [4.69, 9.17) is 4.74 Å². The molecule has 1 aromatic rings. The number of benzene rings is 1. The molecule has 10 heteroatoms. The smallest absolute Gasteiger partial charge is 0.410 e. The lowest BCUT2D eigenvalue weighted by atomic mass is 10.2. The van der Waals surface area contributed by atoms with Gasteiger partial charge in [-0.2, -0.15) is 0 Å². The number of nitrogens with one attached hydrogen (secondary N) is 2. The molecule has 1 atom stereocenters. The van der Waals surface area contributed by atoms with Crippen LogP contribution in [0.5, 0.6) is 0 Å². The second-order valence-electron chi connectivity index (χ2n) is 7.98. The first-order valence-electron chi connectivity index (χ1n) is 9.56. The molecule has 162 valence electrons. The van der Waals surface area contributed by atoms with E-state index in [1.54, 1.807) is 41.0 Å². The van der Waals surface area contributed by atoms with E-state index in [0.29, 0.717) is 31.0 Å². The summed E-state index contributed by atoms with van der Waals surface area (Å²) in [5.41, 5.74) is 0.423. The van der Waals surface area contributed by atoms with Crippen molar-refractivity contribution in [2.45, 2.75) is 46.3 Å². The van der Waals surface area contributed by atoms with Gasteiger partial charge in [0.2, 0.25) is 10.0 Å². The number of urea groups is 1. The summed E-state index contributed by atoms with van der Waals surface area (Å²) in [5.74, 6) is -0.0152. The molecule has 1 aliphatic rings. The summed E-state index contributed by atoms with van der Waals surface area (Å²) in [7, 11) is -3.34. The summed E-state index contributed by atoms with van der Waals surface area (Å²) in [6.45, 7) is 10.0. The van der Waals surface area contributed by atoms with Gasteiger partial charge in [0.1, 0.15) is 5.60 Å². The molecule has 2 rings (SSSR count). The quantitative estimate of drug-likeness (QED) is 0.770. The fraction of sp³-hybridized carbons (Fsp3) is 0.579. The van der Waals surface area contributed by atoms with Gasteiger partial charge in [-0.25, -0.2) is 18.0 Å². The predicted octanol–water partition coefficient (Wildman–Crippen LogP) is 2.92. The molecular formula is C19H30N4O5S. The van der Waals surface area contributed by atoms with Crippen molar-refractivity contribution in [3.05, 3.63) is 24.3 Å². The van der Waals surface area contributed by atoms with Crippen LogP contribution in [0.15, 0.2) is 24.3 Å². The lowest BCUT2D eigenvalue weighted by Crippen LogP contribution is -2.57. The van der Waals surface area contributed by atoms with Crippen LogP contribution < -0.4 is 10.0 Å². The number of sulfonamides is 1. The van der Waals surface area contributed by atoms with Crippen molar-refractivity contribution in [1.82, 2.24) is 9.80 Å². The van der Waals surface area contributed by atoms with Gasteiger partial charge in [-0.1, -0.05) is 0 Å². The summed E-state index contributed by atoms with van der Waals surface area (Å²) in [6.07, 6.45) is -0.380. The average Bonchev–Trinajstić information content (AvgIpc) is 2.61. The van der Waals surface area contributed by atoms with Gasteiger partial charge in [0.25, 0.3) is 0 Å². The van der Waals surface area contributed by atoms with Gasteiger partial charge >= 0.3 is 12.1 Å². The van der Waals surface area contributed by atoms with Crippen molar-refractivity contribution in [3.63, 3.8) is 0 Å². The van der Waals surface area contributed by atoms with Gasteiger partial charge in [-0.05, 0) is 58.9 Å². The highest BCUT2D eigenvalue weighted by Gasteiger charge is 2.32. The number of piperazine rings is 1. The molecule has 0 radical (unpaired) electrons. The number of anilines is 2. The Morgan fingerprint density at radius 3 is 2.24 bits per heavy atom. The summed E-state index contributed by atoms with van der Waals surface area (Å²) >= 11 is 0. The van der Waals surface area contributed by atoms with Crippen molar-refractivity contribution in [2.24, 2.45) is 0 Å². The van der Waals surface area contributed by atoms with Crippen molar-refractivity contribution < 1.29 is 22.7 Å². The van der Waals surface area contributed by atoms with E-state index in [1.807, 2.05) is 27.7 Å². The third kappa shape index (κ3) is 6.81. The van der Waals surface area contributed by atoms with Crippen molar-refractivity contribution in [2.75, 3.05) is 35.4 Å². The maximum Gasteiger partial charge on any atom is 0.410 e. The van der Waals surface area contributed by atoms with E-state index in [2.05, 4.69) is 10.0 Å². The highest BCUT2D eigenvalue weighted by molar-refractivity contribution is 7.92. The molecule has 0 bridgehead atoms. The van der Waals surface area contributed by atoms with Crippen LogP contribution in [-0.2, 0) is 14.8 Å². The monoisotopic (exact) mass is 426 g/mol. The van der Waals surface area contributed by atoms with Crippen LogP contribution in [0, 0.1) is 0 Å². The van der Waals surface area contributed by atoms with E-state index in [9.17, 15) is 18.0 Å². The van der Waals surface area contributed by atoms with Gasteiger partial charge in [-0.3, -0.25) is 4.72 Å². The van der Waals surface area contributed by atoms with Crippen molar-refractivity contribution >= 4 is 33.5 Å². The van der Waals surface area contributed by atoms with Crippen LogP contribution in [0.2, 0.25) is 0 Å². The maximum atomic E-state index is 12.6. The SMILES string of the molecule is CCS(=O)(=O)Nc1ccc(NC(=O)N2CCN(C(=O)OC(C)(C)C)C[C@@H]2C)cc1. The Labute approximate surface area is 172 Å². The number of hydrogen-bond acceptors (Lipinski definition) is 5. The zero-order valence-corrected chi connectivity index (χ0v) is 18.4. The molecule has 1 saturated heterocycles. The Balaban J connectivity index is 1.92. The predicted molar refractivity (Wildman–Crippen MR) is 113 cm³/mol.